The molecule has 7 rings (SSSR count). The normalized spacial score (nSPS) is 10.9. The van der Waals surface area contributed by atoms with Gasteiger partial charge >= 0.3 is 0 Å². The first-order valence-electron chi connectivity index (χ1n) is 15.3. The topological polar surface area (TPSA) is 3.24 Å². The highest BCUT2D eigenvalue weighted by Crippen LogP contribution is 2.48. The molecule has 7 aromatic carbocycles. The fourth-order valence-corrected chi connectivity index (χ4v) is 6.91. The third kappa shape index (κ3) is 6.06. The molecular weight excluding hydrogens is 563 g/mol. The Bertz CT molecular complexity index is 2020. The van der Waals surface area contributed by atoms with Crippen molar-refractivity contribution in [2.45, 2.75) is 16.7 Å². The first-order chi connectivity index (χ1) is 22.3. The molecule has 0 radical (unpaired) electrons. The maximum absolute atomic E-state index is 2.43. The largest absolute Gasteiger partial charge is 0.309 e. The summed E-state index contributed by atoms with van der Waals surface area (Å²) in [7, 11) is 0. The molecule has 7 aromatic rings. The van der Waals surface area contributed by atoms with Gasteiger partial charge in [-0.15, -0.1) is 0 Å². The van der Waals surface area contributed by atoms with E-state index in [1.54, 1.807) is 0 Å². The lowest BCUT2D eigenvalue weighted by molar-refractivity contribution is 1.26. The zero-order valence-corrected chi connectivity index (χ0v) is 26.0. The number of nitrogens with zero attached hydrogens (tertiary/aromatic N) is 1. The lowest BCUT2D eigenvalue weighted by atomic mass is 9.95. The van der Waals surface area contributed by atoms with Crippen molar-refractivity contribution < 1.29 is 0 Å². The van der Waals surface area contributed by atoms with Crippen molar-refractivity contribution in [3.63, 3.8) is 0 Å². The van der Waals surface area contributed by atoms with Crippen molar-refractivity contribution in [3.8, 4) is 33.4 Å². The van der Waals surface area contributed by atoms with Crippen molar-refractivity contribution in [1.29, 1.82) is 0 Å². The second-order valence-corrected chi connectivity index (χ2v) is 12.1. The molecule has 0 bridgehead atoms. The number of hydrogen-bond acceptors (Lipinski definition) is 2. The van der Waals surface area contributed by atoms with Gasteiger partial charge in [-0.2, -0.15) is 0 Å². The summed E-state index contributed by atoms with van der Waals surface area (Å²) in [5, 5.41) is 0. The van der Waals surface area contributed by atoms with Crippen LogP contribution in [0.4, 0.5) is 17.1 Å². The van der Waals surface area contributed by atoms with Crippen LogP contribution in [-0.4, -0.2) is 0 Å². The molecule has 0 aliphatic rings. The number of para-hydroxylation sites is 1. The van der Waals surface area contributed by atoms with Crippen molar-refractivity contribution in [3.05, 3.63) is 188 Å². The van der Waals surface area contributed by atoms with Crippen LogP contribution < -0.4 is 4.90 Å². The summed E-state index contributed by atoms with van der Waals surface area (Å²) >= 11 is 1.81. The molecule has 45 heavy (non-hydrogen) atoms. The highest BCUT2D eigenvalue weighted by molar-refractivity contribution is 7.99. The predicted octanol–water partition coefficient (Wildman–Crippen LogP) is 12.6. The van der Waals surface area contributed by atoms with Gasteiger partial charge in [-0.25, -0.2) is 0 Å². The standard InChI is InChI=1S/C43H33NS/c1-32-16-15-26-41(43(32)39-24-12-14-27-42(39)45-37-21-9-4-10-22-37)44(36-30-28-34(29-31-36)33-17-5-2-6-18-33)40-25-13-11-23-38(40)35-19-7-3-8-20-35/h2-31H,1H3. The summed E-state index contributed by atoms with van der Waals surface area (Å²) in [6, 6.07) is 65.0. The highest BCUT2D eigenvalue weighted by atomic mass is 32.2. The molecule has 0 aliphatic heterocycles. The summed E-state index contributed by atoms with van der Waals surface area (Å²) < 4.78 is 0. The van der Waals surface area contributed by atoms with Gasteiger partial charge in [-0.05, 0) is 77.2 Å². The highest BCUT2D eigenvalue weighted by Gasteiger charge is 2.22. The molecule has 0 amide bonds. The molecule has 216 valence electrons. The van der Waals surface area contributed by atoms with Gasteiger partial charge < -0.3 is 4.90 Å². The number of aryl methyl sites for hydroxylation is 1. The van der Waals surface area contributed by atoms with Gasteiger partial charge in [-0.1, -0.05) is 151 Å². The zero-order chi connectivity index (χ0) is 30.4. The van der Waals surface area contributed by atoms with Crippen LogP contribution in [-0.2, 0) is 0 Å². The third-order valence-corrected chi connectivity index (χ3v) is 9.17. The fourth-order valence-electron chi connectivity index (χ4n) is 5.94. The monoisotopic (exact) mass is 595 g/mol. The maximum atomic E-state index is 2.43. The van der Waals surface area contributed by atoms with Crippen LogP contribution in [0, 0.1) is 6.92 Å². The molecule has 0 saturated carbocycles. The molecule has 0 aromatic heterocycles. The Morgan fingerprint density at radius 2 is 0.933 bits per heavy atom. The second-order valence-electron chi connectivity index (χ2n) is 11.0. The molecule has 0 heterocycles. The molecule has 0 fully saturated rings. The van der Waals surface area contributed by atoms with Gasteiger partial charge in [0.1, 0.15) is 0 Å². The minimum atomic E-state index is 1.11. The van der Waals surface area contributed by atoms with Crippen LogP contribution in [0.5, 0.6) is 0 Å². The van der Waals surface area contributed by atoms with Gasteiger partial charge in [0.15, 0.2) is 0 Å². The van der Waals surface area contributed by atoms with E-state index in [0.29, 0.717) is 0 Å². The van der Waals surface area contributed by atoms with E-state index in [1.807, 2.05) is 11.8 Å². The van der Waals surface area contributed by atoms with Crippen molar-refractivity contribution >= 4 is 28.8 Å². The lowest BCUT2D eigenvalue weighted by Gasteiger charge is -2.31. The van der Waals surface area contributed by atoms with Crippen LogP contribution >= 0.6 is 11.8 Å². The smallest absolute Gasteiger partial charge is 0.0543 e. The van der Waals surface area contributed by atoms with Gasteiger partial charge in [0.25, 0.3) is 0 Å². The number of hydrogen-bond donors (Lipinski definition) is 0. The quantitative estimate of drug-likeness (QED) is 0.172. The van der Waals surface area contributed by atoms with E-state index in [4.69, 9.17) is 0 Å². The Hall–Kier alpha value is -5.31. The SMILES string of the molecule is Cc1cccc(N(c2ccc(-c3ccccc3)cc2)c2ccccc2-c2ccccc2)c1-c1ccccc1Sc1ccccc1. The summed E-state index contributed by atoms with van der Waals surface area (Å²) in [6.45, 7) is 2.22. The third-order valence-electron chi connectivity index (χ3n) is 8.08. The number of anilines is 3. The van der Waals surface area contributed by atoms with Gasteiger partial charge in [0.05, 0.1) is 11.4 Å². The second kappa shape index (κ2) is 13.1. The first-order valence-corrected chi connectivity index (χ1v) is 16.1. The Labute approximate surface area is 270 Å². The van der Waals surface area contributed by atoms with Crippen molar-refractivity contribution in [2.75, 3.05) is 4.90 Å². The maximum Gasteiger partial charge on any atom is 0.0543 e. The molecule has 0 unspecified atom stereocenters. The molecule has 0 aliphatic carbocycles. The van der Waals surface area contributed by atoms with Gasteiger partial charge in [-0.3, -0.25) is 0 Å². The van der Waals surface area contributed by atoms with Crippen molar-refractivity contribution in [1.82, 2.24) is 0 Å². The van der Waals surface area contributed by atoms with E-state index < -0.39 is 0 Å². The molecule has 1 nitrogen and oxygen atoms in total. The molecule has 0 spiro atoms. The lowest BCUT2D eigenvalue weighted by Crippen LogP contribution is -2.13. The minimum absolute atomic E-state index is 1.11. The van der Waals surface area contributed by atoms with Crippen LogP contribution in [0.2, 0.25) is 0 Å². The Morgan fingerprint density at radius 1 is 0.400 bits per heavy atom. The molecule has 0 atom stereocenters. The van der Waals surface area contributed by atoms with Crippen LogP contribution in [0.1, 0.15) is 5.56 Å². The fraction of sp³-hybridized carbons (Fsp3) is 0.0233. The first kappa shape index (κ1) is 28.5. The van der Waals surface area contributed by atoms with E-state index in [-0.39, 0.29) is 0 Å². The average molecular weight is 596 g/mol. The van der Waals surface area contributed by atoms with Crippen LogP contribution in [0.3, 0.4) is 0 Å². The summed E-state index contributed by atoms with van der Waals surface area (Å²) in [5.74, 6) is 0. The Morgan fingerprint density at radius 3 is 1.64 bits per heavy atom. The zero-order valence-electron chi connectivity index (χ0n) is 25.2. The van der Waals surface area contributed by atoms with E-state index in [1.165, 1.54) is 48.7 Å². The Balaban J connectivity index is 1.44. The van der Waals surface area contributed by atoms with Crippen molar-refractivity contribution in [2.24, 2.45) is 0 Å². The Kier molecular flexibility index (Phi) is 8.31. The number of benzene rings is 7. The molecule has 2 heteroatoms. The van der Waals surface area contributed by atoms with Gasteiger partial charge in [0.2, 0.25) is 0 Å². The summed E-state index contributed by atoms with van der Waals surface area (Å²) in [5.41, 5.74) is 11.9. The summed E-state index contributed by atoms with van der Waals surface area (Å²) in [4.78, 5) is 4.89. The molecule has 0 saturated heterocycles. The van der Waals surface area contributed by atoms with Gasteiger partial charge in [0, 0.05) is 26.6 Å². The van der Waals surface area contributed by atoms with E-state index in [0.717, 1.165) is 17.1 Å². The molecule has 0 N–H and O–H groups in total. The van der Waals surface area contributed by atoms with E-state index in [9.17, 15) is 0 Å². The molecular formula is C43H33NS. The van der Waals surface area contributed by atoms with Crippen LogP contribution in [0.15, 0.2) is 192 Å². The average Bonchev–Trinajstić information content (AvgIpc) is 3.11. The summed E-state index contributed by atoms with van der Waals surface area (Å²) in [6.07, 6.45) is 0. The minimum Gasteiger partial charge on any atom is -0.309 e. The number of rotatable bonds is 8. The van der Waals surface area contributed by atoms with Crippen LogP contribution in [0.25, 0.3) is 33.4 Å². The van der Waals surface area contributed by atoms with E-state index in [2.05, 4.69) is 194 Å². The predicted molar refractivity (Wildman–Crippen MR) is 193 cm³/mol. The van der Waals surface area contributed by atoms with E-state index >= 15 is 0 Å².